The molecular formula is C23H21ClF3N7O5S. The van der Waals surface area contributed by atoms with Gasteiger partial charge in [0.2, 0.25) is 0 Å². The Balaban J connectivity index is 1.65. The third kappa shape index (κ3) is 7.00. The fourth-order valence-corrected chi connectivity index (χ4v) is 4.55. The quantitative estimate of drug-likeness (QED) is 0.285. The molecule has 1 N–H and O–H groups in total. The number of halogens is 4. The molecule has 0 aliphatic carbocycles. The fourth-order valence-electron chi connectivity index (χ4n) is 3.73. The Morgan fingerprint density at radius 2 is 1.82 bits per heavy atom. The van der Waals surface area contributed by atoms with Gasteiger partial charge < -0.3 is 5.11 Å². The van der Waals surface area contributed by atoms with Crippen LogP contribution in [0.5, 0.6) is 0 Å². The van der Waals surface area contributed by atoms with Gasteiger partial charge in [0.1, 0.15) is 18.6 Å². The Kier molecular flexibility index (Phi) is 8.23. The van der Waals surface area contributed by atoms with Gasteiger partial charge in [0, 0.05) is 35.0 Å². The molecule has 0 radical (unpaired) electrons. The summed E-state index contributed by atoms with van der Waals surface area (Å²) < 4.78 is 64.9. The number of sulfone groups is 1. The number of aromatic nitrogens is 7. The first-order valence-corrected chi connectivity index (χ1v) is 13.9. The molecule has 212 valence electrons. The Labute approximate surface area is 229 Å². The summed E-state index contributed by atoms with van der Waals surface area (Å²) in [6.07, 6.45) is -4.40. The van der Waals surface area contributed by atoms with Gasteiger partial charge >= 0.3 is 11.9 Å². The number of benzene rings is 1. The van der Waals surface area contributed by atoms with Crippen LogP contribution in [0.1, 0.15) is 11.4 Å². The van der Waals surface area contributed by atoms with Gasteiger partial charge in [-0.15, -0.1) is 10.2 Å². The van der Waals surface area contributed by atoms with Crippen molar-refractivity contribution in [2.75, 3.05) is 12.0 Å². The van der Waals surface area contributed by atoms with Crippen LogP contribution in [0.25, 0.3) is 17.2 Å². The highest BCUT2D eigenvalue weighted by atomic mass is 35.5. The molecule has 0 saturated carbocycles. The molecule has 40 heavy (non-hydrogen) atoms. The predicted molar refractivity (Wildman–Crippen MR) is 136 cm³/mol. The van der Waals surface area contributed by atoms with E-state index in [9.17, 15) is 36.3 Å². The number of aliphatic hydroxyl groups is 1. The van der Waals surface area contributed by atoms with Gasteiger partial charge in [-0.1, -0.05) is 17.7 Å². The van der Waals surface area contributed by atoms with Crippen LogP contribution in [-0.4, -0.2) is 77.7 Å². The summed E-state index contributed by atoms with van der Waals surface area (Å²) in [5.41, 5.74) is -0.292. The van der Waals surface area contributed by atoms with Crippen LogP contribution in [-0.2, 0) is 34.1 Å². The van der Waals surface area contributed by atoms with E-state index in [0.29, 0.717) is 15.2 Å². The summed E-state index contributed by atoms with van der Waals surface area (Å²) in [5.74, 6) is -1.11. The lowest BCUT2D eigenvalue weighted by atomic mass is 10.1. The maximum atomic E-state index is 13.1. The van der Waals surface area contributed by atoms with Crippen molar-refractivity contribution in [3.8, 4) is 17.2 Å². The van der Waals surface area contributed by atoms with Crippen LogP contribution < -0.4 is 5.69 Å². The molecule has 0 amide bonds. The zero-order valence-corrected chi connectivity index (χ0v) is 22.2. The summed E-state index contributed by atoms with van der Waals surface area (Å²) in [7, 11) is -3.53. The van der Waals surface area contributed by atoms with Crippen LogP contribution in [0.4, 0.5) is 13.2 Å². The summed E-state index contributed by atoms with van der Waals surface area (Å²) in [6, 6.07) is 9.00. The van der Waals surface area contributed by atoms with E-state index in [1.165, 1.54) is 41.5 Å². The highest BCUT2D eigenvalue weighted by Gasteiger charge is 2.39. The molecule has 0 spiro atoms. The minimum Gasteiger partial charge on any atom is -0.382 e. The second kappa shape index (κ2) is 11.3. The zero-order chi connectivity index (χ0) is 29.2. The highest BCUT2D eigenvalue weighted by Crippen LogP contribution is 2.24. The lowest BCUT2D eigenvalue weighted by molar-refractivity contribution is -0.207. The summed E-state index contributed by atoms with van der Waals surface area (Å²) in [4.78, 5) is 33.6. The molecule has 3 aromatic heterocycles. The van der Waals surface area contributed by atoms with Crippen molar-refractivity contribution >= 4 is 27.2 Å². The number of nitrogens with zero attached hydrogens (tertiary/aromatic N) is 7. The number of Topliss-reactive ketones (excluding diaryl/α,β-unsaturated/α-hetero) is 1. The number of hydrogen-bond donors (Lipinski definition) is 1. The van der Waals surface area contributed by atoms with Gasteiger partial charge in [-0.25, -0.2) is 32.5 Å². The molecule has 0 aliphatic heterocycles. The van der Waals surface area contributed by atoms with Gasteiger partial charge in [-0.2, -0.15) is 13.2 Å². The van der Waals surface area contributed by atoms with Crippen molar-refractivity contribution in [1.82, 2.24) is 34.1 Å². The van der Waals surface area contributed by atoms with Gasteiger partial charge in [-0.3, -0.25) is 9.36 Å². The lowest BCUT2D eigenvalue weighted by Gasteiger charge is -2.15. The summed E-state index contributed by atoms with van der Waals surface area (Å²) >= 11 is 5.89. The highest BCUT2D eigenvalue weighted by molar-refractivity contribution is 7.91. The van der Waals surface area contributed by atoms with E-state index >= 15 is 0 Å². The SMILES string of the molecule is CS(=O)(=O)CC(=O)Cc1cccnc1-n1cnc(Cn2nc(-c3ccc(Cl)cc3)n(C[C@H](O)C(F)(F)F)c2=O)n1. The molecule has 17 heteroatoms. The van der Waals surface area contributed by atoms with Crippen LogP contribution >= 0.6 is 11.6 Å². The molecule has 0 unspecified atom stereocenters. The maximum Gasteiger partial charge on any atom is 0.416 e. The number of hydrogen-bond acceptors (Lipinski definition) is 9. The van der Waals surface area contributed by atoms with E-state index in [1.54, 1.807) is 12.1 Å². The van der Waals surface area contributed by atoms with Crippen molar-refractivity contribution in [2.45, 2.75) is 31.8 Å². The number of ketones is 1. The van der Waals surface area contributed by atoms with Crippen LogP contribution in [0.15, 0.2) is 53.7 Å². The molecule has 1 aromatic carbocycles. The summed E-state index contributed by atoms with van der Waals surface area (Å²) in [5, 5.41) is 18.4. The average molecular weight is 600 g/mol. The van der Waals surface area contributed by atoms with E-state index in [2.05, 4.69) is 20.2 Å². The molecule has 4 rings (SSSR count). The number of carbonyl (C=O) groups excluding carboxylic acids is 1. The standard InChI is InChI=1S/C23H21ClF3N7O5S/c1-40(38,39)12-17(35)9-15-3-2-8-28-20(15)34-13-29-19(30-34)11-33-22(37)32(10-18(36)23(25,26)27)21(31-33)14-4-6-16(24)7-5-14/h2-8,13,18,36H,9-12H2,1H3/t18-/m0/s1. The molecule has 12 nitrogen and oxygen atoms in total. The van der Waals surface area contributed by atoms with Crippen molar-refractivity contribution in [3.63, 3.8) is 0 Å². The molecule has 1 atom stereocenters. The number of rotatable bonds is 10. The first-order valence-electron chi connectivity index (χ1n) is 11.4. The van der Waals surface area contributed by atoms with Crippen molar-refractivity contribution in [3.05, 3.63) is 75.8 Å². The molecule has 0 fully saturated rings. The van der Waals surface area contributed by atoms with Crippen LogP contribution in [0.2, 0.25) is 5.02 Å². The number of alkyl halides is 3. The molecule has 4 aromatic rings. The van der Waals surface area contributed by atoms with E-state index in [4.69, 9.17) is 11.6 Å². The van der Waals surface area contributed by atoms with Crippen molar-refractivity contribution in [1.29, 1.82) is 0 Å². The van der Waals surface area contributed by atoms with E-state index in [-0.39, 0.29) is 36.0 Å². The maximum absolute atomic E-state index is 13.1. The summed E-state index contributed by atoms with van der Waals surface area (Å²) in [6.45, 7) is -1.45. The van der Waals surface area contributed by atoms with Crippen molar-refractivity contribution in [2.24, 2.45) is 0 Å². The van der Waals surface area contributed by atoms with Crippen LogP contribution in [0.3, 0.4) is 0 Å². The smallest absolute Gasteiger partial charge is 0.382 e. The minimum absolute atomic E-state index is 0.0323. The lowest BCUT2D eigenvalue weighted by Crippen LogP contribution is -2.37. The molecule has 0 saturated heterocycles. The van der Waals surface area contributed by atoms with Gasteiger partial charge in [0.15, 0.2) is 39.2 Å². The van der Waals surface area contributed by atoms with Gasteiger partial charge in [-0.05, 0) is 30.3 Å². The van der Waals surface area contributed by atoms with Gasteiger partial charge in [0.05, 0.1) is 6.54 Å². The normalized spacial score (nSPS) is 12.9. The Morgan fingerprint density at radius 1 is 1.12 bits per heavy atom. The zero-order valence-electron chi connectivity index (χ0n) is 20.7. The van der Waals surface area contributed by atoms with E-state index < -0.39 is 45.9 Å². The average Bonchev–Trinajstić information content (AvgIpc) is 3.43. The number of aliphatic hydroxyl groups excluding tert-OH is 1. The second-order valence-corrected chi connectivity index (χ2v) is 11.4. The molecule has 0 bridgehead atoms. The van der Waals surface area contributed by atoms with E-state index in [0.717, 1.165) is 10.9 Å². The number of carbonyl (C=O) groups is 1. The monoisotopic (exact) mass is 599 g/mol. The Bertz CT molecular complexity index is 1700. The molecular weight excluding hydrogens is 579 g/mol. The molecule has 3 heterocycles. The third-order valence-electron chi connectivity index (χ3n) is 5.48. The first-order chi connectivity index (χ1) is 18.7. The van der Waals surface area contributed by atoms with Gasteiger partial charge in [0.25, 0.3) is 0 Å². The Hall–Kier alpha value is -3.89. The topological polar surface area (TPSA) is 155 Å². The van der Waals surface area contributed by atoms with Crippen LogP contribution in [0, 0.1) is 0 Å². The van der Waals surface area contributed by atoms with E-state index in [1.807, 2.05) is 0 Å². The second-order valence-electron chi connectivity index (χ2n) is 8.82. The third-order valence-corrected chi connectivity index (χ3v) is 6.58. The first kappa shape index (κ1) is 29.1. The predicted octanol–water partition coefficient (Wildman–Crippen LogP) is 1.47. The van der Waals surface area contributed by atoms with Crippen molar-refractivity contribution < 1.29 is 31.5 Å². The Morgan fingerprint density at radius 3 is 2.48 bits per heavy atom. The molecule has 0 aliphatic rings. The minimum atomic E-state index is -4.97. The number of pyridine rings is 1. The fraction of sp³-hybridized carbons (Fsp3) is 0.304. The largest absolute Gasteiger partial charge is 0.416 e.